The lowest BCUT2D eigenvalue weighted by Crippen LogP contribution is -2.54. The quantitative estimate of drug-likeness (QED) is 0.759. The molecule has 2 saturated heterocycles. The third kappa shape index (κ3) is 2.74. The first kappa shape index (κ1) is 13.5. The van der Waals surface area contributed by atoms with Gasteiger partial charge in [0.25, 0.3) is 0 Å². The molecule has 0 aliphatic carbocycles. The zero-order chi connectivity index (χ0) is 13.3. The molecule has 0 aromatic carbocycles. The largest absolute Gasteiger partial charge is 0.316 e. The summed E-state index contributed by atoms with van der Waals surface area (Å²) in [5.74, 6) is 0.427. The Labute approximate surface area is 109 Å². The Bertz CT molecular complexity index is 326. The topological polar surface area (TPSA) is 49.4 Å². The Kier molecular flexibility index (Phi) is 3.76. The molecule has 2 aliphatic rings. The van der Waals surface area contributed by atoms with Crippen molar-refractivity contribution in [3.8, 4) is 0 Å². The van der Waals surface area contributed by atoms with Crippen molar-refractivity contribution in [3.05, 3.63) is 0 Å². The van der Waals surface area contributed by atoms with Crippen LogP contribution < -0.4 is 5.32 Å². The van der Waals surface area contributed by atoms with E-state index in [0.29, 0.717) is 18.8 Å². The van der Waals surface area contributed by atoms with Crippen LogP contribution >= 0.6 is 0 Å². The van der Waals surface area contributed by atoms with E-state index in [9.17, 15) is 9.59 Å². The van der Waals surface area contributed by atoms with Crippen molar-refractivity contribution in [2.24, 2.45) is 11.3 Å². The number of hydrogen-bond acceptors (Lipinski definition) is 3. The summed E-state index contributed by atoms with van der Waals surface area (Å²) in [6, 6.07) is 0.0360. The number of hydrogen-bond donors (Lipinski definition) is 1. The zero-order valence-electron chi connectivity index (χ0n) is 11.7. The predicted molar refractivity (Wildman–Crippen MR) is 69.9 cm³/mol. The van der Waals surface area contributed by atoms with E-state index in [-0.39, 0.29) is 23.3 Å². The second-order valence-corrected chi connectivity index (χ2v) is 6.52. The van der Waals surface area contributed by atoms with Crippen molar-refractivity contribution in [1.82, 2.24) is 10.2 Å². The van der Waals surface area contributed by atoms with Gasteiger partial charge in [-0.25, -0.2) is 0 Å². The molecule has 1 N–H and O–H groups in total. The summed E-state index contributed by atoms with van der Waals surface area (Å²) in [6.45, 7) is 7.98. The van der Waals surface area contributed by atoms with E-state index in [0.717, 1.165) is 25.9 Å². The summed E-state index contributed by atoms with van der Waals surface area (Å²) < 4.78 is 0. The predicted octanol–water partition coefficient (Wildman–Crippen LogP) is 1.55. The van der Waals surface area contributed by atoms with Crippen LogP contribution in [0.25, 0.3) is 0 Å². The van der Waals surface area contributed by atoms with Gasteiger partial charge < -0.3 is 5.32 Å². The Morgan fingerprint density at radius 2 is 1.89 bits per heavy atom. The lowest BCUT2D eigenvalue weighted by atomic mass is 9.80. The summed E-state index contributed by atoms with van der Waals surface area (Å²) >= 11 is 0. The molecule has 2 atom stereocenters. The van der Waals surface area contributed by atoms with Gasteiger partial charge >= 0.3 is 0 Å². The van der Waals surface area contributed by atoms with Crippen LogP contribution in [0.1, 0.15) is 46.5 Å². The molecule has 4 nitrogen and oxygen atoms in total. The highest BCUT2D eigenvalue weighted by atomic mass is 16.2. The number of likely N-dealkylation sites (tertiary alicyclic amines) is 1. The van der Waals surface area contributed by atoms with Gasteiger partial charge in [0.2, 0.25) is 11.8 Å². The molecule has 18 heavy (non-hydrogen) atoms. The maximum Gasteiger partial charge on any atom is 0.229 e. The van der Waals surface area contributed by atoms with E-state index in [2.05, 4.69) is 5.32 Å². The van der Waals surface area contributed by atoms with Crippen LogP contribution in [0.15, 0.2) is 0 Å². The van der Waals surface area contributed by atoms with Crippen LogP contribution in [-0.4, -0.2) is 35.8 Å². The Hall–Kier alpha value is -0.900. The number of carbonyl (C=O) groups excluding carboxylic acids is 2. The van der Waals surface area contributed by atoms with Crippen LogP contribution in [0.2, 0.25) is 0 Å². The molecule has 0 aromatic rings. The molecule has 0 radical (unpaired) electrons. The molecule has 0 saturated carbocycles. The minimum absolute atomic E-state index is 0.00863. The van der Waals surface area contributed by atoms with E-state index in [1.54, 1.807) is 0 Å². The van der Waals surface area contributed by atoms with Gasteiger partial charge in [-0.15, -0.1) is 0 Å². The van der Waals surface area contributed by atoms with Crippen molar-refractivity contribution < 1.29 is 9.59 Å². The van der Waals surface area contributed by atoms with Gasteiger partial charge in [0.1, 0.15) is 0 Å². The van der Waals surface area contributed by atoms with Crippen molar-refractivity contribution >= 4 is 11.8 Å². The maximum atomic E-state index is 12.2. The van der Waals surface area contributed by atoms with Gasteiger partial charge in [-0.3, -0.25) is 14.5 Å². The second kappa shape index (κ2) is 5.00. The first-order valence-electron chi connectivity index (χ1n) is 6.96. The molecule has 0 spiro atoms. The summed E-state index contributed by atoms with van der Waals surface area (Å²) in [6.07, 6.45) is 3.22. The fourth-order valence-electron chi connectivity index (χ4n) is 3.15. The molecular weight excluding hydrogens is 228 g/mol. The van der Waals surface area contributed by atoms with Crippen LogP contribution in [0.4, 0.5) is 0 Å². The summed E-state index contributed by atoms with van der Waals surface area (Å²) in [7, 11) is 0. The van der Waals surface area contributed by atoms with Crippen LogP contribution in [0, 0.1) is 11.3 Å². The molecule has 2 rings (SSSR count). The fourth-order valence-corrected chi connectivity index (χ4v) is 3.15. The monoisotopic (exact) mass is 252 g/mol. The molecule has 0 bridgehead atoms. The second-order valence-electron chi connectivity index (χ2n) is 6.52. The normalized spacial score (nSPS) is 30.4. The highest BCUT2D eigenvalue weighted by Crippen LogP contribution is 2.34. The van der Waals surface area contributed by atoms with Gasteiger partial charge in [-0.05, 0) is 44.2 Å². The molecule has 0 aromatic heterocycles. The standard InChI is InChI=1S/C14H24N2O2/c1-10(11-5-4-6-15-9-11)16-12(17)7-14(2,3)8-13(16)18/h10-11,15H,4-9H2,1-3H3. The molecule has 2 aliphatic heterocycles. The van der Waals surface area contributed by atoms with E-state index < -0.39 is 0 Å². The third-order valence-electron chi connectivity index (χ3n) is 4.22. The van der Waals surface area contributed by atoms with E-state index in [1.165, 1.54) is 4.90 Å². The van der Waals surface area contributed by atoms with E-state index in [1.807, 2.05) is 20.8 Å². The van der Waals surface area contributed by atoms with Crippen molar-refractivity contribution in [1.29, 1.82) is 0 Å². The average Bonchev–Trinajstić information content (AvgIpc) is 2.27. The third-order valence-corrected chi connectivity index (χ3v) is 4.22. The van der Waals surface area contributed by atoms with Crippen molar-refractivity contribution in [2.75, 3.05) is 13.1 Å². The number of nitrogens with one attached hydrogen (secondary N) is 1. The molecule has 102 valence electrons. The maximum absolute atomic E-state index is 12.2. The Morgan fingerprint density at radius 3 is 2.39 bits per heavy atom. The Morgan fingerprint density at radius 1 is 1.28 bits per heavy atom. The molecular formula is C14H24N2O2. The lowest BCUT2D eigenvalue weighted by molar-refractivity contribution is -0.156. The number of carbonyl (C=O) groups is 2. The van der Waals surface area contributed by atoms with Gasteiger partial charge in [0, 0.05) is 18.9 Å². The van der Waals surface area contributed by atoms with Crippen LogP contribution in [0.3, 0.4) is 0 Å². The van der Waals surface area contributed by atoms with Gasteiger partial charge in [0.05, 0.1) is 0 Å². The van der Waals surface area contributed by atoms with Gasteiger partial charge in [-0.2, -0.15) is 0 Å². The highest BCUT2D eigenvalue weighted by Gasteiger charge is 2.41. The first-order valence-corrected chi connectivity index (χ1v) is 6.96. The zero-order valence-corrected chi connectivity index (χ0v) is 11.7. The molecule has 2 unspecified atom stereocenters. The summed E-state index contributed by atoms with van der Waals surface area (Å²) in [5.41, 5.74) is -0.171. The number of imide groups is 1. The van der Waals surface area contributed by atoms with Crippen LogP contribution in [0.5, 0.6) is 0 Å². The van der Waals surface area contributed by atoms with E-state index >= 15 is 0 Å². The van der Waals surface area contributed by atoms with Crippen molar-refractivity contribution in [2.45, 2.75) is 52.5 Å². The summed E-state index contributed by atoms with van der Waals surface area (Å²) in [5, 5.41) is 3.35. The SMILES string of the molecule is CC(C1CCCNC1)N1C(=O)CC(C)(C)CC1=O. The molecule has 4 heteroatoms. The van der Waals surface area contributed by atoms with Gasteiger partial charge in [-0.1, -0.05) is 13.8 Å². The molecule has 2 fully saturated rings. The molecule has 2 heterocycles. The number of rotatable bonds is 2. The number of piperidine rings is 2. The Balaban J connectivity index is 2.07. The van der Waals surface area contributed by atoms with E-state index in [4.69, 9.17) is 0 Å². The van der Waals surface area contributed by atoms with Crippen LogP contribution in [-0.2, 0) is 9.59 Å². The van der Waals surface area contributed by atoms with Gasteiger partial charge in [0.15, 0.2) is 0 Å². The number of nitrogens with zero attached hydrogens (tertiary/aromatic N) is 1. The molecule has 2 amide bonds. The highest BCUT2D eigenvalue weighted by molar-refractivity contribution is 5.98. The minimum Gasteiger partial charge on any atom is -0.316 e. The summed E-state index contributed by atoms with van der Waals surface area (Å²) in [4.78, 5) is 25.9. The minimum atomic E-state index is -0.171. The lowest BCUT2D eigenvalue weighted by Gasteiger charge is -2.41. The number of amides is 2. The first-order chi connectivity index (χ1) is 8.41. The smallest absolute Gasteiger partial charge is 0.229 e. The van der Waals surface area contributed by atoms with Crippen molar-refractivity contribution in [3.63, 3.8) is 0 Å². The fraction of sp³-hybridized carbons (Fsp3) is 0.857. The average molecular weight is 252 g/mol.